The molecule has 0 aromatic carbocycles. The maximum absolute atomic E-state index is 12.6. The van der Waals surface area contributed by atoms with Crippen LogP contribution in [-0.2, 0) is 10.0 Å². The zero-order valence-electron chi connectivity index (χ0n) is 11.0. The van der Waals surface area contributed by atoms with Crippen molar-refractivity contribution in [1.82, 2.24) is 4.31 Å². The Labute approximate surface area is 123 Å². The predicted octanol–water partition coefficient (Wildman–Crippen LogP) is 1.37. The van der Waals surface area contributed by atoms with E-state index < -0.39 is 10.0 Å². The molecule has 0 spiro atoms. The molecule has 1 saturated carbocycles. The molecule has 0 bridgehead atoms. The summed E-state index contributed by atoms with van der Waals surface area (Å²) in [6.07, 6.45) is 2.93. The van der Waals surface area contributed by atoms with Gasteiger partial charge in [-0.2, -0.15) is 9.57 Å². The SMILES string of the molecule is N#Cc1ccc(S(=O)(=O)N2C[C@H]3CCC(N)C[C@H]3C2)s1. The van der Waals surface area contributed by atoms with Crippen molar-refractivity contribution in [3.05, 3.63) is 17.0 Å². The first kappa shape index (κ1) is 14.0. The average molecular weight is 311 g/mol. The summed E-state index contributed by atoms with van der Waals surface area (Å²) in [5.41, 5.74) is 5.98. The molecule has 20 heavy (non-hydrogen) atoms. The minimum absolute atomic E-state index is 0.214. The molecule has 7 heteroatoms. The van der Waals surface area contributed by atoms with Crippen LogP contribution in [0.2, 0.25) is 0 Å². The maximum Gasteiger partial charge on any atom is 0.252 e. The van der Waals surface area contributed by atoms with Gasteiger partial charge in [0.15, 0.2) is 0 Å². The van der Waals surface area contributed by atoms with Gasteiger partial charge in [-0.1, -0.05) is 0 Å². The van der Waals surface area contributed by atoms with Crippen LogP contribution in [0.3, 0.4) is 0 Å². The number of sulfonamides is 1. The Morgan fingerprint density at radius 2 is 2.05 bits per heavy atom. The van der Waals surface area contributed by atoms with Crippen LogP contribution in [0.25, 0.3) is 0 Å². The van der Waals surface area contributed by atoms with E-state index in [4.69, 9.17) is 11.0 Å². The van der Waals surface area contributed by atoms with Gasteiger partial charge in [0, 0.05) is 19.1 Å². The highest BCUT2D eigenvalue weighted by atomic mass is 32.2. The van der Waals surface area contributed by atoms with E-state index in [1.54, 1.807) is 10.4 Å². The molecule has 1 aliphatic heterocycles. The zero-order valence-corrected chi connectivity index (χ0v) is 12.7. The van der Waals surface area contributed by atoms with E-state index in [0.29, 0.717) is 29.8 Å². The molecular weight excluding hydrogens is 294 g/mol. The highest BCUT2D eigenvalue weighted by molar-refractivity contribution is 7.91. The van der Waals surface area contributed by atoms with E-state index in [1.807, 2.05) is 6.07 Å². The van der Waals surface area contributed by atoms with Crippen LogP contribution >= 0.6 is 11.3 Å². The van der Waals surface area contributed by atoms with E-state index >= 15 is 0 Å². The number of hydrogen-bond donors (Lipinski definition) is 1. The summed E-state index contributed by atoms with van der Waals surface area (Å²) in [5, 5.41) is 8.82. The van der Waals surface area contributed by atoms with Crippen molar-refractivity contribution in [1.29, 1.82) is 5.26 Å². The van der Waals surface area contributed by atoms with E-state index in [-0.39, 0.29) is 10.3 Å². The number of nitrogens with zero attached hydrogens (tertiary/aromatic N) is 2. The molecule has 1 aromatic heterocycles. The lowest BCUT2D eigenvalue weighted by Crippen LogP contribution is -2.32. The summed E-state index contributed by atoms with van der Waals surface area (Å²) < 4.78 is 27.0. The number of thiophene rings is 1. The molecule has 1 aromatic rings. The van der Waals surface area contributed by atoms with Crippen LogP contribution in [0.15, 0.2) is 16.3 Å². The van der Waals surface area contributed by atoms with Crippen LogP contribution in [0, 0.1) is 23.2 Å². The van der Waals surface area contributed by atoms with E-state index in [1.165, 1.54) is 6.07 Å². The molecule has 1 aliphatic carbocycles. The first-order valence-electron chi connectivity index (χ1n) is 6.76. The third-order valence-corrected chi connectivity index (χ3v) is 7.63. The van der Waals surface area contributed by atoms with Crippen molar-refractivity contribution < 1.29 is 8.42 Å². The highest BCUT2D eigenvalue weighted by Gasteiger charge is 2.42. The summed E-state index contributed by atoms with van der Waals surface area (Å²) >= 11 is 1.05. The molecule has 1 saturated heterocycles. The van der Waals surface area contributed by atoms with E-state index in [0.717, 1.165) is 30.6 Å². The van der Waals surface area contributed by atoms with E-state index in [9.17, 15) is 8.42 Å². The lowest BCUT2D eigenvalue weighted by molar-refractivity contribution is 0.271. The summed E-state index contributed by atoms with van der Waals surface area (Å²) in [4.78, 5) is 0.433. The first-order valence-corrected chi connectivity index (χ1v) is 9.02. The molecule has 108 valence electrons. The second kappa shape index (κ2) is 5.11. The molecule has 2 aliphatic rings. The number of hydrogen-bond acceptors (Lipinski definition) is 5. The van der Waals surface area contributed by atoms with Gasteiger partial charge in [-0.15, -0.1) is 11.3 Å². The average Bonchev–Trinajstić information content (AvgIpc) is 3.04. The second-order valence-electron chi connectivity index (χ2n) is 5.65. The van der Waals surface area contributed by atoms with Gasteiger partial charge in [0.2, 0.25) is 0 Å². The summed E-state index contributed by atoms with van der Waals surface area (Å²) in [7, 11) is -3.44. The van der Waals surface area contributed by atoms with Crippen molar-refractivity contribution in [3.8, 4) is 6.07 Å². The molecule has 3 atom stereocenters. The standard InChI is InChI=1S/C13H17N3O2S2/c14-6-12-3-4-13(19-12)20(17,18)16-7-9-1-2-11(15)5-10(9)8-16/h3-4,9-11H,1-2,5,7-8,15H2/t9-,10+,11?/m1/s1. The number of nitriles is 1. The first-order chi connectivity index (χ1) is 9.50. The fourth-order valence-corrected chi connectivity index (χ4v) is 6.08. The van der Waals surface area contributed by atoms with Gasteiger partial charge in [-0.05, 0) is 43.2 Å². The normalized spacial score (nSPS) is 30.9. The molecule has 2 heterocycles. The number of fused-ring (bicyclic) bond motifs is 1. The van der Waals surface area contributed by atoms with Crippen LogP contribution in [0.4, 0.5) is 0 Å². The summed E-state index contributed by atoms with van der Waals surface area (Å²) in [6.45, 7) is 1.17. The lowest BCUT2D eigenvalue weighted by atomic mass is 9.79. The number of rotatable bonds is 2. The largest absolute Gasteiger partial charge is 0.328 e. The van der Waals surface area contributed by atoms with Crippen molar-refractivity contribution >= 4 is 21.4 Å². The Hall–Kier alpha value is -0.940. The molecule has 5 nitrogen and oxygen atoms in total. The fraction of sp³-hybridized carbons (Fsp3) is 0.615. The van der Waals surface area contributed by atoms with Crippen LogP contribution in [-0.4, -0.2) is 31.9 Å². The second-order valence-corrected chi connectivity index (χ2v) is 8.89. The smallest absolute Gasteiger partial charge is 0.252 e. The van der Waals surface area contributed by atoms with Crippen LogP contribution in [0.5, 0.6) is 0 Å². The Kier molecular flexibility index (Phi) is 3.58. The highest BCUT2D eigenvalue weighted by Crippen LogP contribution is 2.38. The van der Waals surface area contributed by atoms with Gasteiger partial charge < -0.3 is 5.73 Å². The van der Waals surface area contributed by atoms with Crippen molar-refractivity contribution in [3.63, 3.8) is 0 Å². The molecule has 1 unspecified atom stereocenters. The third kappa shape index (κ3) is 2.37. The number of nitrogens with two attached hydrogens (primary N) is 1. The quantitative estimate of drug-likeness (QED) is 0.893. The maximum atomic E-state index is 12.6. The monoisotopic (exact) mass is 311 g/mol. The lowest BCUT2D eigenvalue weighted by Gasteiger charge is -2.28. The minimum atomic E-state index is -3.44. The topological polar surface area (TPSA) is 87.2 Å². The van der Waals surface area contributed by atoms with Gasteiger partial charge >= 0.3 is 0 Å². The van der Waals surface area contributed by atoms with Gasteiger partial charge in [0.05, 0.1) is 0 Å². The molecule has 0 radical (unpaired) electrons. The van der Waals surface area contributed by atoms with Crippen molar-refractivity contribution in [2.24, 2.45) is 17.6 Å². The van der Waals surface area contributed by atoms with Gasteiger partial charge in [-0.3, -0.25) is 0 Å². The van der Waals surface area contributed by atoms with Gasteiger partial charge in [0.1, 0.15) is 15.2 Å². The molecule has 2 N–H and O–H groups in total. The minimum Gasteiger partial charge on any atom is -0.328 e. The van der Waals surface area contributed by atoms with Gasteiger partial charge in [-0.25, -0.2) is 8.42 Å². The molecule has 3 rings (SSSR count). The van der Waals surface area contributed by atoms with Crippen molar-refractivity contribution in [2.75, 3.05) is 13.1 Å². The summed E-state index contributed by atoms with van der Waals surface area (Å²) in [6, 6.07) is 5.30. The predicted molar refractivity (Wildman–Crippen MR) is 76.6 cm³/mol. The van der Waals surface area contributed by atoms with Crippen molar-refractivity contribution in [2.45, 2.75) is 29.5 Å². The Bertz CT molecular complexity index is 647. The Balaban J connectivity index is 1.81. The van der Waals surface area contributed by atoms with Crippen LogP contribution in [0.1, 0.15) is 24.1 Å². The van der Waals surface area contributed by atoms with Crippen LogP contribution < -0.4 is 5.73 Å². The fourth-order valence-electron chi connectivity index (χ4n) is 3.27. The molecule has 0 amide bonds. The zero-order chi connectivity index (χ0) is 14.3. The van der Waals surface area contributed by atoms with Gasteiger partial charge in [0.25, 0.3) is 10.0 Å². The van der Waals surface area contributed by atoms with E-state index in [2.05, 4.69) is 0 Å². The molecular formula is C13H17N3O2S2. The summed E-state index contributed by atoms with van der Waals surface area (Å²) in [5.74, 6) is 0.837. The Morgan fingerprint density at radius 3 is 2.75 bits per heavy atom. The molecule has 2 fully saturated rings. The third-order valence-electron chi connectivity index (χ3n) is 4.34. The Morgan fingerprint density at radius 1 is 1.30 bits per heavy atom.